The Bertz CT molecular complexity index is 1510. The first-order valence-electron chi connectivity index (χ1n) is 12.7. The van der Waals surface area contributed by atoms with Crippen molar-refractivity contribution in [2.45, 2.75) is 26.3 Å². The molecule has 0 N–H and O–H groups in total. The van der Waals surface area contributed by atoms with Gasteiger partial charge in [0, 0.05) is 19.3 Å². The molecule has 0 aliphatic carbocycles. The van der Waals surface area contributed by atoms with Gasteiger partial charge in [-0.3, -0.25) is 23.7 Å². The summed E-state index contributed by atoms with van der Waals surface area (Å²) in [4.78, 5) is 48.0. The van der Waals surface area contributed by atoms with Gasteiger partial charge in [0.2, 0.25) is 0 Å². The molecule has 2 aromatic heterocycles. The lowest BCUT2D eigenvalue weighted by atomic mass is 9.96. The number of nitrogens with zero attached hydrogens (tertiary/aromatic N) is 4. The molecule has 2 saturated heterocycles. The highest BCUT2D eigenvalue weighted by molar-refractivity contribution is 8.26. The number of fused-ring (bicyclic) bond motifs is 1. The van der Waals surface area contributed by atoms with E-state index < -0.39 is 0 Å². The molecule has 0 unspecified atom stereocenters. The van der Waals surface area contributed by atoms with Crippen LogP contribution in [0.1, 0.15) is 30.9 Å². The molecule has 4 heterocycles. The SMILES string of the molecule is CCOC(=O)C1CCN(c2nc3ccccn3c(=O)c2/C=C2\SC(=S)N(Cc3ccc(OC)cc3)C2=O)CC1. The minimum atomic E-state index is -0.275. The third-order valence-corrected chi connectivity index (χ3v) is 8.19. The summed E-state index contributed by atoms with van der Waals surface area (Å²) in [6, 6.07) is 12.8. The van der Waals surface area contributed by atoms with Crippen molar-refractivity contribution >= 4 is 57.7 Å². The molecule has 0 radical (unpaired) electrons. The van der Waals surface area contributed by atoms with E-state index in [1.54, 1.807) is 38.4 Å². The van der Waals surface area contributed by atoms with Crippen LogP contribution in [0.15, 0.2) is 58.4 Å². The molecule has 9 nitrogen and oxygen atoms in total. The summed E-state index contributed by atoms with van der Waals surface area (Å²) in [5.41, 5.74) is 1.46. The van der Waals surface area contributed by atoms with Gasteiger partial charge in [0.15, 0.2) is 0 Å². The predicted molar refractivity (Wildman–Crippen MR) is 155 cm³/mol. The van der Waals surface area contributed by atoms with Crippen molar-refractivity contribution in [3.05, 3.63) is 75.0 Å². The quantitative estimate of drug-likeness (QED) is 0.241. The fourth-order valence-electron chi connectivity index (χ4n) is 4.73. The second-order valence-corrected chi connectivity index (χ2v) is 10.9. The number of carbonyl (C=O) groups is 2. The van der Waals surface area contributed by atoms with E-state index in [0.717, 1.165) is 11.3 Å². The van der Waals surface area contributed by atoms with Crippen molar-refractivity contribution < 1.29 is 19.1 Å². The molecule has 39 heavy (non-hydrogen) atoms. The molecular formula is C28H28N4O5S2. The van der Waals surface area contributed by atoms with Gasteiger partial charge in [-0.2, -0.15) is 0 Å². The lowest BCUT2D eigenvalue weighted by Crippen LogP contribution is -2.39. The first kappa shape index (κ1) is 26.9. The molecule has 2 fully saturated rings. The second kappa shape index (κ2) is 11.6. The van der Waals surface area contributed by atoms with Gasteiger partial charge in [0.05, 0.1) is 36.6 Å². The van der Waals surface area contributed by atoms with Crippen molar-refractivity contribution in [2.24, 2.45) is 5.92 Å². The molecular weight excluding hydrogens is 536 g/mol. The molecule has 5 rings (SSSR count). The topological polar surface area (TPSA) is 93.5 Å². The summed E-state index contributed by atoms with van der Waals surface area (Å²) in [6.45, 7) is 3.54. The van der Waals surface area contributed by atoms with Gasteiger partial charge in [0.25, 0.3) is 11.5 Å². The number of ether oxygens (including phenoxy) is 2. The molecule has 0 spiro atoms. The van der Waals surface area contributed by atoms with Crippen LogP contribution < -0.4 is 15.2 Å². The van der Waals surface area contributed by atoms with E-state index in [4.69, 9.17) is 26.7 Å². The maximum Gasteiger partial charge on any atom is 0.309 e. The van der Waals surface area contributed by atoms with E-state index in [2.05, 4.69) is 0 Å². The van der Waals surface area contributed by atoms with E-state index in [0.29, 0.717) is 65.3 Å². The highest BCUT2D eigenvalue weighted by Crippen LogP contribution is 2.35. The smallest absolute Gasteiger partial charge is 0.309 e. The van der Waals surface area contributed by atoms with Crippen LogP contribution in [0, 0.1) is 5.92 Å². The van der Waals surface area contributed by atoms with E-state index in [1.165, 1.54) is 21.1 Å². The van der Waals surface area contributed by atoms with Gasteiger partial charge in [-0.05, 0) is 55.7 Å². The van der Waals surface area contributed by atoms with Crippen LogP contribution >= 0.6 is 24.0 Å². The molecule has 2 aliphatic rings. The Labute approximate surface area is 235 Å². The van der Waals surface area contributed by atoms with Crippen molar-refractivity contribution in [1.29, 1.82) is 0 Å². The number of esters is 1. The van der Waals surface area contributed by atoms with Crippen LogP contribution in [0.3, 0.4) is 0 Å². The zero-order valence-corrected chi connectivity index (χ0v) is 23.3. The molecule has 0 bridgehead atoms. The highest BCUT2D eigenvalue weighted by Gasteiger charge is 2.34. The van der Waals surface area contributed by atoms with Gasteiger partial charge in [-0.25, -0.2) is 4.98 Å². The zero-order chi connectivity index (χ0) is 27.5. The van der Waals surface area contributed by atoms with E-state index >= 15 is 0 Å². The number of hydrogen-bond donors (Lipinski definition) is 0. The van der Waals surface area contributed by atoms with Gasteiger partial charge in [-0.1, -0.05) is 42.2 Å². The van der Waals surface area contributed by atoms with Crippen molar-refractivity contribution in [2.75, 3.05) is 31.7 Å². The number of pyridine rings is 1. The molecule has 1 aromatic carbocycles. The Morgan fingerprint density at radius 3 is 2.59 bits per heavy atom. The number of rotatable bonds is 7. The Morgan fingerprint density at radius 1 is 1.15 bits per heavy atom. The van der Waals surface area contributed by atoms with E-state index in [9.17, 15) is 14.4 Å². The molecule has 1 amide bonds. The third kappa shape index (κ3) is 5.55. The van der Waals surface area contributed by atoms with Gasteiger partial charge in [0.1, 0.15) is 21.5 Å². The summed E-state index contributed by atoms with van der Waals surface area (Å²) in [5, 5.41) is 0. The Hall–Kier alpha value is -3.70. The van der Waals surface area contributed by atoms with Crippen LogP contribution in [0.25, 0.3) is 11.7 Å². The molecule has 0 atom stereocenters. The van der Waals surface area contributed by atoms with Crippen LogP contribution in [-0.4, -0.2) is 57.3 Å². The summed E-state index contributed by atoms with van der Waals surface area (Å²) in [5.74, 6) is 0.594. The van der Waals surface area contributed by atoms with Crippen molar-refractivity contribution in [3.63, 3.8) is 0 Å². The largest absolute Gasteiger partial charge is 0.497 e. The number of benzene rings is 1. The molecule has 3 aromatic rings. The number of hydrogen-bond acceptors (Lipinski definition) is 9. The van der Waals surface area contributed by atoms with Crippen LogP contribution in [-0.2, 0) is 20.9 Å². The van der Waals surface area contributed by atoms with Gasteiger partial charge >= 0.3 is 5.97 Å². The van der Waals surface area contributed by atoms with E-state index in [-0.39, 0.29) is 23.4 Å². The lowest BCUT2D eigenvalue weighted by Gasteiger charge is -2.32. The number of aromatic nitrogens is 2. The summed E-state index contributed by atoms with van der Waals surface area (Å²) in [7, 11) is 1.60. The number of thioether (sulfide) groups is 1. The number of carbonyl (C=O) groups excluding carboxylic acids is 2. The van der Waals surface area contributed by atoms with Crippen LogP contribution in [0.4, 0.5) is 5.82 Å². The fourth-order valence-corrected chi connectivity index (χ4v) is 5.96. The maximum atomic E-state index is 13.7. The first-order chi connectivity index (χ1) is 18.9. The first-order valence-corrected chi connectivity index (χ1v) is 13.9. The summed E-state index contributed by atoms with van der Waals surface area (Å²) >= 11 is 6.71. The Morgan fingerprint density at radius 2 is 1.90 bits per heavy atom. The normalized spacial score (nSPS) is 17.3. The third-order valence-electron chi connectivity index (χ3n) is 6.81. The lowest BCUT2D eigenvalue weighted by molar-refractivity contribution is -0.148. The predicted octanol–water partition coefficient (Wildman–Crippen LogP) is 3.88. The zero-order valence-electron chi connectivity index (χ0n) is 21.7. The van der Waals surface area contributed by atoms with Crippen molar-refractivity contribution in [3.8, 4) is 5.75 Å². The van der Waals surface area contributed by atoms with Crippen molar-refractivity contribution in [1.82, 2.24) is 14.3 Å². The summed E-state index contributed by atoms with van der Waals surface area (Å²) < 4.78 is 12.3. The van der Waals surface area contributed by atoms with Gasteiger partial charge < -0.3 is 14.4 Å². The molecule has 0 saturated carbocycles. The molecule has 11 heteroatoms. The Balaban J connectivity index is 1.46. The van der Waals surface area contributed by atoms with E-state index in [1.807, 2.05) is 35.2 Å². The standard InChI is InChI=1S/C28H28N4O5S2/c1-3-37-27(35)19-11-14-30(15-12-19)24-21(25(33)31-13-5-4-6-23(31)29-24)16-22-26(34)32(28(38)39-22)17-18-7-9-20(36-2)10-8-18/h4-10,13,16,19H,3,11-12,14-15,17H2,1-2H3/b22-16-. The Kier molecular flexibility index (Phi) is 7.99. The number of thiocarbonyl (C=S) groups is 1. The number of piperidine rings is 1. The molecule has 202 valence electrons. The summed E-state index contributed by atoms with van der Waals surface area (Å²) in [6.07, 6.45) is 4.46. The fraction of sp³-hybridized carbons (Fsp3) is 0.321. The van der Waals surface area contributed by atoms with Gasteiger partial charge in [-0.15, -0.1) is 0 Å². The number of amides is 1. The average molecular weight is 565 g/mol. The van der Waals surface area contributed by atoms with Crippen LogP contribution in [0.2, 0.25) is 0 Å². The maximum absolute atomic E-state index is 13.7. The minimum Gasteiger partial charge on any atom is -0.497 e. The average Bonchev–Trinajstić information content (AvgIpc) is 3.22. The monoisotopic (exact) mass is 564 g/mol. The number of methoxy groups -OCH3 is 1. The minimum absolute atomic E-state index is 0.180. The second-order valence-electron chi connectivity index (χ2n) is 9.21. The van der Waals surface area contributed by atoms with Crippen LogP contribution in [0.5, 0.6) is 5.75 Å². The molecule has 2 aliphatic heterocycles. The highest BCUT2D eigenvalue weighted by atomic mass is 32.2. The number of anilines is 1.